The molecule has 4 rings (SSSR count). The standard InChI is InChI=1S/C25H26N2O6/c1-15(2)25(23(30)32-3,27-21(28)12-13-22(27)29)26-24(31)33-14-20-18-10-6-4-8-16(18)17-9-5-7-11-19(17)20/h4-11,15,20H,12-14H2,1-3H3,(H,26,31)/t25-/m0/s1. The number of methoxy groups -OCH3 is 1. The van der Waals surface area contributed by atoms with E-state index in [9.17, 15) is 19.2 Å². The third-order valence-electron chi connectivity index (χ3n) is 6.37. The fourth-order valence-corrected chi connectivity index (χ4v) is 4.75. The summed E-state index contributed by atoms with van der Waals surface area (Å²) < 4.78 is 10.5. The van der Waals surface area contributed by atoms with E-state index in [1.54, 1.807) is 13.8 Å². The average Bonchev–Trinajstić information content (AvgIpc) is 3.32. The molecule has 0 spiro atoms. The smallest absolute Gasteiger partial charge is 0.409 e. The molecule has 0 radical (unpaired) electrons. The van der Waals surface area contributed by atoms with Gasteiger partial charge in [0.15, 0.2) is 0 Å². The number of carbonyl (C=O) groups excluding carboxylic acids is 4. The van der Waals surface area contributed by atoms with Crippen LogP contribution >= 0.6 is 0 Å². The quantitative estimate of drug-likeness (QED) is 0.536. The van der Waals surface area contributed by atoms with Crippen molar-refractivity contribution >= 4 is 23.9 Å². The van der Waals surface area contributed by atoms with Crippen molar-refractivity contribution in [3.63, 3.8) is 0 Å². The van der Waals surface area contributed by atoms with Crippen molar-refractivity contribution in [3.05, 3.63) is 59.7 Å². The molecule has 2 aromatic carbocycles. The molecular formula is C25H26N2O6. The summed E-state index contributed by atoms with van der Waals surface area (Å²) in [6.45, 7) is 3.27. The summed E-state index contributed by atoms with van der Waals surface area (Å²) in [6, 6.07) is 15.8. The minimum atomic E-state index is -1.98. The summed E-state index contributed by atoms with van der Waals surface area (Å²) in [7, 11) is 1.14. The molecule has 2 aromatic rings. The van der Waals surface area contributed by atoms with Crippen LogP contribution in [0.3, 0.4) is 0 Å². The van der Waals surface area contributed by atoms with E-state index in [-0.39, 0.29) is 25.4 Å². The Hall–Kier alpha value is -3.68. The molecule has 0 bridgehead atoms. The van der Waals surface area contributed by atoms with Gasteiger partial charge in [0.2, 0.25) is 17.5 Å². The highest BCUT2D eigenvalue weighted by molar-refractivity contribution is 6.07. The Labute approximate surface area is 191 Å². The minimum absolute atomic E-state index is 0.0249. The molecule has 1 heterocycles. The number of ether oxygens (including phenoxy) is 2. The second-order valence-electron chi connectivity index (χ2n) is 8.49. The van der Waals surface area contributed by atoms with Crippen LogP contribution in [0.2, 0.25) is 0 Å². The number of carbonyl (C=O) groups is 4. The molecule has 1 N–H and O–H groups in total. The van der Waals surface area contributed by atoms with Crippen LogP contribution in [0.15, 0.2) is 48.5 Å². The van der Waals surface area contributed by atoms with E-state index in [2.05, 4.69) is 5.32 Å². The molecule has 0 saturated carbocycles. The summed E-state index contributed by atoms with van der Waals surface area (Å²) in [5.74, 6) is -2.83. The minimum Gasteiger partial charge on any atom is -0.466 e. The summed E-state index contributed by atoms with van der Waals surface area (Å²) >= 11 is 0. The van der Waals surface area contributed by atoms with E-state index in [0.29, 0.717) is 0 Å². The molecule has 1 fully saturated rings. The summed E-state index contributed by atoms with van der Waals surface area (Å²) in [5, 5.41) is 2.50. The Bertz CT molecular complexity index is 1070. The number of likely N-dealkylation sites (tertiary alicyclic amines) is 1. The zero-order valence-electron chi connectivity index (χ0n) is 18.8. The van der Waals surface area contributed by atoms with Crippen LogP contribution in [0.4, 0.5) is 4.79 Å². The Morgan fingerprint density at radius 1 is 1.00 bits per heavy atom. The van der Waals surface area contributed by atoms with Crippen LogP contribution in [0.25, 0.3) is 11.1 Å². The van der Waals surface area contributed by atoms with Gasteiger partial charge in [0.1, 0.15) is 6.61 Å². The molecule has 0 aromatic heterocycles. The van der Waals surface area contributed by atoms with Gasteiger partial charge in [-0.3, -0.25) is 14.9 Å². The molecule has 1 saturated heterocycles. The predicted octanol–water partition coefficient (Wildman–Crippen LogP) is 3.20. The van der Waals surface area contributed by atoms with Gasteiger partial charge >= 0.3 is 12.1 Å². The number of nitrogens with one attached hydrogen (secondary N) is 1. The van der Waals surface area contributed by atoms with Gasteiger partial charge in [0.05, 0.1) is 7.11 Å². The van der Waals surface area contributed by atoms with Crippen molar-refractivity contribution in [2.24, 2.45) is 5.92 Å². The number of hydrogen-bond donors (Lipinski definition) is 1. The summed E-state index contributed by atoms with van der Waals surface area (Å²) in [6.07, 6.45) is -0.976. The van der Waals surface area contributed by atoms with Crippen molar-refractivity contribution in [2.75, 3.05) is 13.7 Å². The Balaban J connectivity index is 1.59. The van der Waals surface area contributed by atoms with E-state index in [1.165, 1.54) is 0 Å². The van der Waals surface area contributed by atoms with Gasteiger partial charge in [-0.2, -0.15) is 0 Å². The first-order valence-corrected chi connectivity index (χ1v) is 10.9. The van der Waals surface area contributed by atoms with Gasteiger partial charge in [-0.05, 0) is 22.3 Å². The van der Waals surface area contributed by atoms with Gasteiger partial charge in [-0.1, -0.05) is 62.4 Å². The predicted molar refractivity (Wildman–Crippen MR) is 119 cm³/mol. The van der Waals surface area contributed by atoms with Crippen molar-refractivity contribution < 1.29 is 28.7 Å². The number of imide groups is 1. The van der Waals surface area contributed by atoms with Crippen LogP contribution in [-0.4, -0.2) is 48.2 Å². The van der Waals surface area contributed by atoms with Crippen molar-refractivity contribution in [1.29, 1.82) is 0 Å². The molecule has 1 aliphatic heterocycles. The van der Waals surface area contributed by atoms with Crippen LogP contribution in [-0.2, 0) is 23.9 Å². The summed E-state index contributed by atoms with van der Waals surface area (Å²) in [4.78, 5) is 51.6. The normalized spacial score (nSPS) is 16.9. The third-order valence-corrected chi connectivity index (χ3v) is 6.37. The van der Waals surface area contributed by atoms with E-state index < -0.39 is 35.5 Å². The summed E-state index contributed by atoms with van der Waals surface area (Å²) in [5.41, 5.74) is 2.27. The molecule has 8 heteroatoms. The molecule has 33 heavy (non-hydrogen) atoms. The molecular weight excluding hydrogens is 424 g/mol. The molecule has 1 aliphatic carbocycles. The first-order valence-electron chi connectivity index (χ1n) is 10.9. The van der Waals surface area contributed by atoms with Crippen LogP contribution in [0.1, 0.15) is 43.7 Å². The number of nitrogens with zero attached hydrogens (tertiary/aromatic N) is 1. The highest BCUT2D eigenvalue weighted by atomic mass is 16.6. The third kappa shape index (κ3) is 3.65. The molecule has 1 atom stereocenters. The number of benzene rings is 2. The van der Waals surface area contributed by atoms with Gasteiger partial charge in [0, 0.05) is 24.7 Å². The fraction of sp³-hybridized carbons (Fsp3) is 0.360. The zero-order valence-corrected chi connectivity index (χ0v) is 18.8. The van der Waals surface area contributed by atoms with Crippen molar-refractivity contribution in [1.82, 2.24) is 10.2 Å². The average molecular weight is 450 g/mol. The van der Waals surface area contributed by atoms with Gasteiger partial charge in [-0.25, -0.2) is 14.5 Å². The van der Waals surface area contributed by atoms with Gasteiger partial charge in [0.25, 0.3) is 0 Å². The molecule has 0 unspecified atom stereocenters. The van der Waals surface area contributed by atoms with E-state index in [0.717, 1.165) is 34.3 Å². The van der Waals surface area contributed by atoms with Crippen molar-refractivity contribution in [3.8, 4) is 11.1 Å². The Kier molecular flexibility index (Phi) is 5.93. The molecule has 2 aliphatic rings. The zero-order chi connectivity index (χ0) is 23.8. The van der Waals surface area contributed by atoms with Crippen LogP contribution in [0.5, 0.6) is 0 Å². The van der Waals surface area contributed by atoms with Crippen LogP contribution in [0, 0.1) is 5.92 Å². The SMILES string of the molecule is COC(=O)[C@](NC(=O)OCC1c2ccccc2-c2ccccc21)(C(C)C)N1C(=O)CCC1=O. The molecule has 3 amide bonds. The number of alkyl carbamates (subject to hydrolysis) is 1. The van der Waals surface area contributed by atoms with Crippen LogP contribution < -0.4 is 5.32 Å². The van der Waals surface area contributed by atoms with E-state index in [4.69, 9.17) is 9.47 Å². The second-order valence-corrected chi connectivity index (χ2v) is 8.49. The first-order chi connectivity index (χ1) is 15.8. The first kappa shape index (κ1) is 22.5. The van der Waals surface area contributed by atoms with Gasteiger partial charge < -0.3 is 9.47 Å². The number of rotatable bonds is 6. The lowest BCUT2D eigenvalue weighted by atomic mass is 9.93. The topological polar surface area (TPSA) is 102 Å². The second kappa shape index (κ2) is 8.69. The van der Waals surface area contributed by atoms with E-state index >= 15 is 0 Å². The Morgan fingerprint density at radius 2 is 1.52 bits per heavy atom. The monoisotopic (exact) mass is 450 g/mol. The highest BCUT2D eigenvalue weighted by Gasteiger charge is 2.56. The lowest BCUT2D eigenvalue weighted by Gasteiger charge is -2.40. The largest absolute Gasteiger partial charge is 0.466 e. The maximum Gasteiger partial charge on any atom is 0.409 e. The maximum atomic E-state index is 12.9. The highest BCUT2D eigenvalue weighted by Crippen LogP contribution is 2.44. The lowest BCUT2D eigenvalue weighted by Crippen LogP contribution is -2.70. The lowest BCUT2D eigenvalue weighted by molar-refractivity contribution is -0.171. The number of hydrogen-bond acceptors (Lipinski definition) is 6. The fourth-order valence-electron chi connectivity index (χ4n) is 4.75. The number of esters is 1. The number of fused-ring (bicyclic) bond motifs is 3. The maximum absolute atomic E-state index is 12.9. The number of amides is 3. The van der Waals surface area contributed by atoms with E-state index in [1.807, 2.05) is 48.5 Å². The van der Waals surface area contributed by atoms with Crippen molar-refractivity contribution in [2.45, 2.75) is 38.3 Å². The van der Waals surface area contributed by atoms with Gasteiger partial charge in [-0.15, -0.1) is 0 Å². The molecule has 8 nitrogen and oxygen atoms in total. The molecule has 172 valence electrons. The Morgan fingerprint density at radius 3 is 2.00 bits per heavy atom.